The lowest BCUT2D eigenvalue weighted by Gasteiger charge is -2.04. The zero-order chi connectivity index (χ0) is 11.6. The molecule has 0 aromatic carbocycles. The fourth-order valence-electron chi connectivity index (χ4n) is 1.06. The molecule has 0 aliphatic heterocycles. The van der Waals surface area contributed by atoms with Crippen molar-refractivity contribution >= 4 is 38.2 Å². The van der Waals surface area contributed by atoms with Crippen molar-refractivity contribution in [2.24, 2.45) is 0 Å². The fraction of sp³-hybridized carbons (Fsp3) is 0.400. The van der Waals surface area contributed by atoms with Gasteiger partial charge in [0.15, 0.2) is 0 Å². The molecule has 80 valence electrons. The van der Waals surface area contributed by atoms with Gasteiger partial charge in [-0.15, -0.1) is 11.3 Å². The molecule has 15 heavy (non-hydrogen) atoms. The Labute approximate surface area is 101 Å². The number of carbonyl (C=O) groups is 1. The van der Waals surface area contributed by atoms with Crippen LogP contribution in [0.1, 0.15) is 22.9 Å². The molecule has 1 atom stereocenters. The normalized spacial score (nSPS) is 11.9. The Bertz CT molecular complexity index is 431. The van der Waals surface area contributed by atoms with Gasteiger partial charge < -0.3 is 5.32 Å². The molecule has 1 aromatic rings. The molecular formula is C10H11BrN2OS. The lowest BCUT2D eigenvalue weighted by Crippen LogP contribution is -2.19. The van der Waals surface area contributed by atoms with E-state index < -0.39 is 0 Å². The highest BCUT2D eigenvalue weighted by atomic mass is 79.9. The van der Waals surface area contributed by atoms with Crippen LogP contribution in [-0.2, 0) is 4.79 Å². The molecule has 3 nitrogen and oxygen atoms in total. The highest BCUT2D eigenvalue weighted by Gasteiger charge is 2.16. The molecule has 5 heteroatoms. The second kappa shape index (κ2) is 4.77. The van der Waals surface area contributed by atoms with Gasteiger partial charge in [-0.1, -0.05) is 15.9 Å². The van der Waals surface area contributed by atoms with E-state index in [0.29, 0.717) is 10.6 Å². The molecule has 0 aliphatic carbocycles. The van der Waals surface area contributed by atoms with Crippen LogP contribution >= 0.6 is 27.3 Å². The summed E-state index contributed by atoms with van der Waals surface area (Å²) in [4.78, 5) is 12.2. The van der Waals surface area contributed by atoms with Gasteiger partial charge in [0, 0.05) is 4.88 Å². The Balaban J connectivity index is 3.02. The minimum Gasteiger partial charge on any atom is -0.316 e. The quantitative estimate of drug-likeness (QED) is 0.850. The van der Waals surface area contributed by atoms with Crippen LogP contribution in [0.5, 0.6) is 0 Å². The first kappa shape index (κ1) is 12.2. The lowest BCUT2D eigenvalue weighted by atomic mass is 10.2. The summed E-state index contributed by atoms with van der Waals surface area (Å²) in [5.41, 5.74) is 1.51. The number of hydrogen-bond donors (Lipinski definition) is 1. The van der Waals surface area contributed by atoms with Gasteiger partial charge >= 0.3 is 0 Å². The number of halogens is 1. The lowest BCUT2D eigenvalue weighted by molar-refractivity contribution is -0.115. The number of nitrogens with zero attached hydrogens (tertiary/aromatic N) is 1. The van der Waals surface area contributed by atoms with E-state index in [0.717, 1.165) is 10.4 Å². The number of aryl methyl sites for hydroxylation is 1. The standard InChI is InChI=1S/C10H11BrN2OS/c1-5-7(3)15-10(8(5)4-12)13-9(14)6(2)11/h6H,1-3H3,(H,13,14)/t6-/m0/s1. The van der Waals surface area contributed by atoms with E-state index >= 15 is 0 Å². The largest absolute Gasteiger partial charge is 0.316 e. The molecule has 1 amide bonds. The first-order chi connectivity index (χ1) is 6.97. The summed E-state index contributed by atoms with van der Waals surface area (Å²) in [6.07, 6.45) is 0. The number of hydrogen-bond acceptors (Lipinski definition) is 3. The van der Waals surface area contributed by atoms with Crippen LogP contribution in [-0.4, -0.2) is 10.7 Å². The van der Waals surface area contributed by atoms with Crippen LogP contribution in [0.15, 0.2) is 0 Å². The van der Waals surface area contributed by atoms with Crippen LogP contribution in [0, 0.1) is 25.2 Å². The van der Waals surface area contributed by atoms with E-state index in [1.165, 1.54) is 11.3 Å². The van der Waals surface area contributed by atoms with Gasteiger partial charge in [0.2, 0.25) is 5.91 Å². The molecule has 0 saturated heterocycles. The van der Waals surface area contributed by atoms with Gasteiger partial charge in [0.05, 0.1) is 10.4 Å². The number of alkyl halides is 1. The number of amides is 1. The van der Waals surface area contributed by atoms with Gasteiger partial charge in [0.1, 0.15) is 11.1 Å². The molecule has 1 aromatic heterocycles. The topological polar surface area (TPSA) is 52.9 Å². The molecule has 0 saturated carbocycles. The summed E-state index contributed by atoms with van der Waals surface area (Å²) in [5, 5.41) is 12.3. The van der Waals surface area contributed by atoms with E-state index in [1.807, 2.05) is 13.8 Å². The van der Waals surface area contributed by atoms with Crippen molar-refractivity contribution in [2.75, 3.05) is 5.32 Å². The number of carbonyl (C=O) groups excluding carboxylic acids is 1. The first-order valence-corrected chi connectivity index (χ1v) is 6.15. The minimum absolute atomic E-state index is 0.132. The Morgan fingerprint density at radius 1 is 1.60 bits per heavy atom. The average molecular weight is 287 g/mol. The summed E-state index contributed by atoms with van der Waals surface area (Å²) in [6.45, 7) is 5.57. The van der Waals surface area contributed by atoms with E-state index in [-0.39, 0.29) is 10.7 Å². The molecular weight excluding hydrogens is 276 g/mol. The summed E-state index contributed by atoms with van der Waals surface area (Å²) in [6, 6.07) is 2.11. The number of nitriles is 1. The maximum Gasteiger partial charge on any atom is 0.238 e. The molecule has 1 heterocycles. The number of thiophene rings is 1. The molecule has 1 N–H and O–H groups in total. The van der Waals surface area contributed by atoms with Crippen LogP contribution in [0.2, 0.25) is 0 Å². The molecule has 1 rings (SSSR count). The van der Waals surface area contributed by atoms with Gasteiger partial charge in [-0.05, 0) is 26.3 Å². The Morgan fingerprint density at radius 2 is 2.20 bits per heavy atom. The highest BCUT2D eigenvalue weighted by Crippen LogP contribution is 2.31. The predicted octanol–water partition coefficient (Wildman–Crippen LogP) is 2.96. The predicted molar refractivity (Wildman–Crippen MR) is 65.5 cm³/mol. The first-order valence-electron chi connectivity index (χ1n) is 4.42. The van der Waals surface area contributed by atoms with E-state index in [2.05, 4.69) is 27.3 Å². The van der Waals surface area contributed by atoms with E-state index in [4.69, 9.17) is 5.26 Å². The van der Waals surface area contributed by atoms with Crippen molar-refractivity contribution < 1.29 is 4.79 Å². The second-order valence-corrected chi connectivity index (χ2v) is 5.80. The molecule has 0 aliphatic rings. The minimum atomic E-state index is -0.258. The smallest absolute Gasteiger partial charge is 0.238 e. The molecule has 0 radical (unpaired) electrons. The van der Waals surface area contributed by atoms with E-state index in [1.54, 1.807) is 6.92 Å². The van der Waals surface area contributed by atoms with Gasteiger partial charge in [-0.25, -0.2) is 0 Å². The number of anilines is 1. The Kier molecular flexibility index (Phi) is 3.89. The van der Waals surface area contributed by atoms with Gasteiger partial charge in [0.25, 0.3) is 0 Å². The maximum atomic E-state index is 11.4. The van der Waals surface area contributed by atoms with Crippen molar-refractivity contribution in [1.82, 2.24) is 0 Å². The SMILES string of the molecule is Cc1sc(NC(=O)[C@H](C)Br)c(C#N)c1C. The third kappa shape index (κ3) is 2.58. The molecule has 0 spiro atoms. The zero-order valence-electron chi connectivity index (χ0n) is 8.72. The van der Waals surface area contributed by atoms with Crippen molar-refractivity contribution in [3.8, 4) is 6.07 Å². The molecule has 0 fully saturated rings. The Morgan fingerprint density at radius 3 is 2.67 bits per heavy atom. The zero-order valence-corrected chi connectivity index (χ0v) is 11.1. The average Bonchev–Trinajstić information content (AvgIpc) is 2.42. The van der Waals surface area contributed by atoms with Crippen LogP contribution < -0.4 is 5.32 Å². The summed E-state index contributed by atoms with van der Waals surface area (Å²) >= 11 is 4.61. The fourth-order valence-corrected chi connectivity index (χ4v) is 2.19. The van der Waals surface area contributed by atoms with Crippen molar-refractivity contribution in [3.63, 3.8) is 0 Å². The van der Waals surface area contributed by atoms with E-state index in [9.17, 15) is 4.79 Å². The van der Waals surface area contributed by atoms with Crippen molar-refractivity contribution in [3.05, 3.63) is 16.0 Å². The van der Waals surface area contributed by atoms with Crippen molar-refractivity contribution in [1.29, 1.82) is 5.26 Å². The molecule has 0 unspecified atom stereocenters. The van der Waals surface area contributed by atoms with Gasteiger partial charge in [-0.2, -0.15) is 5.26 Å². The summed E-state index contributed by atoms with van der Waals surface area (Å²) < 4.78 is 0. The number of rotatable bonds is 2. The Hall–Kier alpha value is -0.860. The van der Waals surface area contributed by atoms with Gasteiger partial charge in [-0.3, -0.25) is 4.79 Å². The van der Waals surface area contributed by atoms with Crippen molar-refractivity contribution in [2.45, 2.75) is 25.6 Å². The summed E-state index contributed by atoms with van der Waals surface area (Å²) in [7, 11) is 0. The second-order valence-electron chi connectivity index (χ2n) is 3.20. The monoisotopic (exact) mass is 286 g/mol. The van der Waals surface area contributed by atoms with Crippen LogP contribution in [0.25, 0.3) is 0 Å². The highest BCUT2D eigenvalue weighted by molar-refractivity contribution is 9.10. The maximum absolute atomic E-state index is 11.4. The molecule has 0 bridgehead atoms. The third-order valence-corrected chi connectivity index (χ3v) is 3.63. The third-order valence-electron chi connectivity index (χ3n) is 2.10. The number of nitrogens with one attached hydrogen (secondary N) is 1. The van der Waals surface area contributed by atoms with Crippen LogP contribution in [0.3, 0.4) is 0 Å². The van der Waals surface area contributed by atoms with Crippen LogP contribution in [0.4, 0.5) is 5.00 Å². The summed E-state index contributed by atoms with van der Waals surface area (Å²) in [5.74, 6) is -0.132.